The van der Waals surface area contributed by atoms with E-state index < -0.39 is 0 Å². The van der Waals surface area contributed by atoms with Gasteiger partial charge in [0.1, 0.15) is 5.78 Å². The lowest BCUT2D eigenvalue weighted by molar-refractivity contribution is -0.118. The Labute approximate surface area is 96.8 Å². The van der Waals surface area contributed by atoms with Crippen LogP contribution >= 0.6 is 11.8 Å². The summed E-state index contributed by atoms with van der Waals surface area (Å²) in [5.74, 6) is 1.48. The normalized spacial score (nSPS) is 37.3. The number of rotatable bonds is 2. The SMILES string of the molecule is CC(=O)CC1CSC2CCCCC2N1C. The Balaban J connectivity index is 1.98. The first-order valence-electron chi connectivity index (χ1n) is 6.01. The van der Waals surface area contributed by atoms with Gasteiger partial charge < -0.3 is 0 Å². The molecule has 1 saturated carbocycles. The zero-order chi connectivity index (χ0) is 10.8. The van der Waals surface area contributed by atoms with Gasteiger partial charge in [0.05, 0.1) is 0 Å². The summed E-state index contributed by atoms with van der Waals surface area (Å²) in [6, 6.07) is 1.23. The van der Waals surface area contributed by atoms with Gasteiger partial charge >= 0.3 is 0 Å². The molecule has 2 aliphatic rings. The van der Waals surface area contributed by atoms with Crippen LogP contribution in [0.4, 0.5) is 0 Å². The van der Waals surface area contributed by atoms with Gasteiger partial charge in [-0.1, -0.05) is 12.8 Å². The van der Waals surface area contributed by atoms with Crippen LogP contribution in [-0.2, 0) is 4.79 Å². The summed E-state index contributed by atoms with van der Waals surface area (Å²) in [7, 11) is 2.22. The van der Waals surface area contributed by atoms with Crippen molar-refractivity contribution in [3.8, 4) is 0 Å². The summed E-state index contributed by atoms with van der Waals surface area (Å²) in [5, 5.41) is 0.840. The van der Waals surface area contributed by atoms with Crippen molar-refractivity contribution in [2.75, 3.05) is 12.8 Å². The van der Waals surface area contributed by atoms with E-state index in [0.29, 0.717) is 11.8 Å². The van der Waals surface area contributed by atoms with Crippen LogP contribution in [0.25, 0.3) is 0 Å². The fraction of sp³-hybridized carbons (Fsp3) is 0.917. The van der Waals surface area contributed by atoms with Crippen LogP contribution in [0.5, 0.6) is 0 Å². The van der Waals surface area contributed by atoms with Crippen LogP contribution in [0, 0.1) is 0 Å². The molecule has 2 nitrogen and oxygen atoms in total. The van der Waals surface area contributed by atoms with Crippen molar-refractivity contribution in [1.82, 2.24) is 4.90 Å². The van der Waals surface area contributed by atoms with E-state index >= 15 is 0 Å². The molecule has 1 saturated heterocycles. The molecular formula is C12H21NOS. The van der Waals surface area contributed by atoms with Gasteiger partial charge in [-0.05, 0) is 26.8 Å². The Morgan fingerprint density at radius 2 is 2.13 bits per heavy atom. The van der Waals surface area contributed by atoms with E-state index in [-0.39, 0.29) is 0 Å². The highest BCUT2D eigenvalue weighted by molar-refractivity contribution is 8.00. The Morgan fingerprint density at radius 3 is 2.87 bits per heavy atom. The summed E-state index contributed by atoms with van der Waals surface area (Å²) < 4.78 is 0. The quantitative estimate of drug-likeness (QED) is 0.722. The van der Waals surface area contributed by atoms with Crippen molar-refractivity contribution in [2.24, 2.45) is 0 Å². The molecule has 0 radical (unpaired) electrons. The molecule has 0 aromatic carbocycles. The second-order valence-electron chi connectivity index (χ2n) is 4.95. The maximum Gasteiger partial charge on any atom is 0.131 e. The monoisotopic (exact) mass is 227 g/mol. The second kappa shape index (κ2) is 4.88. The molecule has 0 N–H and O–H groups in total. The highest BCUT2D eigenvalue weighted by Crippen LogP contribution is 2.37. The van der Waals surface area contributed by atoms with Gasteiger partial charge in [-0.25, -0.2) is 0 Å². The van der Waals surface area contributed by atoms with E-state index in [1.54, 1.807) is 6.92 Å². The van der Waals surface area contributed by atoms with Crippen LogP contribution in [0.3, 0.4) is 0 Å². The Bertz CT molecular complexity index is 244. The highest BCUT2D eigenvalue weighted by atomic mass is 32.2. The molecule has 0 spiro atoms. The molecule has 86 valence electrons. The van der Waals surface area contributed by atoms with E-state index in [4.69, 9.17) is 0 Å². The van der Waals surface area contributed by atoms with Crippen molar-refractivity contribution in [3.05, 3.63) is 0 Å². The lowest BCUT2D eigenvalue weighted by Gasteiger charge is -2.46. The van der Waals surface area contributed by atoms with Crippen LogP contribution in [0.2, 0.25) is 0 Å². The van der Waals surface area contributed by atoms with Crippen molar-refractivity contribution < 1.29 is 4.79 Å². The number of ketones is 1. The first kappa shape index (κ1) is 11.5. The molecule has 2 fully saturated rings. The molecule has 1 aliphatic heterocycles. The van der Waals surface area contributed by atoms with Crippen LogP contribution < -0.4 is 0 Å². The van der Waals surface area contributed by atoms with Crippen molar-refractivity contribution >= 4 is 17.5 Å². The molecule has 1 aliphatic carbocycles. The molecular weight excluding hydrogens is 206 g/mol. The number of nitrogens with zero attached hydrogens (tertiary/aromatic N) is 1. The van der Waals surface area contributed by atoms with Crippen LogP contribution in [-0.4, -0.2) is 40.8 Å². The van der Waals surface area contributed by atoms with E-state index in [9.17, 15) is 4.79 Å². The van der Waals surface area contributed by atoms with Gasteiger partial charge in [-0.3, -0.25) is 9.69 Å². The first-order chi connectivity index (χ1) is 7.18. The fourth-order valence-electron chi connectivity index (χ4n) is 2.90. The van der Waals surface area contributed by atoms with Crippen LogP contribution in [0.15, 0.2) is 0 Å². The fourth-order valence-corrected chi connectivity index (χ4v) is 4.60. The first-order valence-corrected chi connectivity index (χ1v) is 7.06. The van der Waals surface area contributed by atoms with E-state index in [1.165, 1.54) is 25.7 Å². The van der Waals surface area contributed by atoms with Gasteiger partial charge in [0.25, 0.3) is 0 Å². The van der Waals surface area contributed by atoms with Gasteiger partial charge in [-0.15, -0.1) is 0 Å². The van der Waals surface area contributed by atoms with Gasteiger partial charge in [0, 0.05) is 29.5 Å². The zero-order valence-electron chi connectivity index (χ0n) is 9.74. The van der Waals surface area contributed by atoms with E-state index in [1.807, 2.05) is 0 Å². The molecule has 3 heteroatoms. The minimum Gasteiger partial charge on any atom is -0.300 e. The maximum absolute atomic E-state index is 11.2. The molecule has 15 heavy (non-hydrogen) atoms. The largest absolute Gasteiger partial charge is 0.300 e. The number of hydrogen-bond acceptors (Lipinski definition) is 3. The smallest absolute Gasteiger partial charge is 0.131 e. The minimum atomic E-state index is 0.335. The van der Waals surface area contributed by atoms with Crippen LogP contribution in [0.1, 0.15) is 39.0 Å². The number of thioether (sulfide) groups is 1. The topological polar surface area (TPSA) is 20.3 Å². The van der Waals surface area contributed by atoms with Gasteiger partial charge in [0.15, 0.2) is 0 Å². The third kappa shape index (κ3) is 2.56. The predicted octanol–water partition coefficient (Wildman–Crippen LogP) is 2.32. The third-order valence-corrected chi connectivity index (χ3v) is 5.35. The molecule has 0 amide bonds. The Kier molecular flexibility index (Phi) is 3.73. The summed E-state index contributed by atoms with van der Waals surface area (Å²) >= 11 is 2.11. The number of fused-ring (bicyclic) bond motifs is 1. The number of carbonyl (C=O) groups is 1. The lowest BCUT2D eigenvalue weighted by Crippen LogP contribution is -2.52. The minimum absolute atomic E-state index is 0.335. The van der Waals surface area contributed by atoms with E-state index in [2.05, 4.69) is 23.7 Å². The lowest BCUT2D eigenvalue weighted by atomic mass is 9.92. The van der Waals surface area contributed by atoms with Crippen molar-refractivity contribution in [3.63, 3.8) is 0 Å². The van der Waals surface area contributed by atoms with Crippen molar-refractivity contribution in [2.45, 2.75) is 56.4 Å². The summed E-state index contributed by atoms with van der Waals surface area (Å²) in [6.07, 6.45) is 6.24. The zero-order valence-corrected chi connectivity index (χ0v) is 10.6. The second-order valence-corrected chi connectivity index (χ2v) is 6.22. The number of Topliss-reactive ketones (excluding diaryl/α,β-unsaturated/α-hetero) is 1. The molecule has 0 aromatic heterocycles. The molecule has 0 bridgehead atoms. The standard InChI is InChI=1S/C12H21NOS/c1-9(14)7-10-8-15-12-6-4-3-5-11(12)13(10)2/h10-12H,3-8H2,1-2H3. The predicted molar refractivity (Wildman–Crippen MR) is 65.4 cm³/mol. The van der Waals surface area contributed by atoms with E-state index in [0.717, 1.165) is 23.5 Å². The third-order valence-electron chi connectivity index (χ3n) is 3.79. The molecule has 2 rings (SSSR count). The molecule has 0 aromatic rings. The molecule has 1 heterocycles. The van der Waals surface area contributed by atoms with Gasteiger partial charge in [0.2, 0.25) is 0 Å². The summed E-state index contributed by atoms with van der Waals surface area (Å²) in [5.41, 5.74) is 0. The average Bonchev–Trinajstić information content (AvgIpc) is 2.22. The summed E-state index contributed by atoms with van der Waals surface area (Å²) in [6.45, 7) is 1.71. The molecule has 3 atom stereocenters. The van der Waals surface area contributed by atoms with Gasteiger partial charge in [-0.2, -0.15) is 11.8 Å². The Hall–Kier alpha value is -0.0200. The Morgan fingerprint density at radius 1 is 1.40 bits per heavy atom. The average molecular weight is 227 g/mol. The molecule has 3 unspecified atom stereocenters. The number of hydrogen-bond donors (Lipinski definition) is 0. The number of carbonyl (C=O) groups excluding carboxylic acids is 1. The summed E-state index contributed by atoms with van der Waals surface area (Å²) in [4.78, 5) is 13.7. The maximum atomic E-state index is 11.2. The van der Waals surface area contributed by atoms with Crippen molar-refractivity contribution in [1.29, 1.82) is 0 Å². The highest BCUT2D eigenvalue weighted by Gasteiger charge is 2.36.